The van der Waals surface area contributed by atoms with Crippen LogP contribution in [0.2, 0.25) is 0 Å². The third-order valence-corrected chi connectivity index (χ3v) is 3.41. The average molecular weight is 298 g/mol. The predicted molar refractivity (Wildman–Crippen MR) is 80.0 cm³/mol. The van der Waals surface area contributed by atoms with Gasteiger partial charge in [0.1, 0.15) is 5.75 Å². The van der Waals surface area contributed by atoms with Crippen LogP contribution in [0, 0.1) is 0 Å². The van der Waals surface area contributed by atoms with Gasteiger partial charge in [0.25, 0.3) is 0 Å². The molecule has 1 aromatic carbocycles. The summed E-state index contributed by atoms with van der Waals surface area (Å²) in [5, 5.41) is 0. The Bertz CT molecular complexity index is 419. The van der Waals surface area contributed by atoms with E-state index >= 15 is 0 Å². The predicted octanol–water partition coefficient (Wildman–Crippen LogP) is 5.61. The Morgan fingerprint density at radius 1 is 1.05 bits per heavy atom. The Morgan fingerprint density at radius 3 is 2.33 bits per heavy atom. The summed E-state index contributed by atoms with van der Waals surface area (Å²) in [6, 6.07) is 6.20. The van der Waals surface area contributed by atoms with Crippen LogP contribution < -0.4 is 4.74 Å². The summed E-state index contributed by atoms with van der Waals surface area (Å²) in [6.07, 6.45) is 8.25. The van der Waals surface area contributed by atoms with Crippen molar-refractivity contribution in [3.63, 3.8) is 0 Å². The second-order valence-electron chi connectivity index (χ2n) is 5.17. The number of Topliss-reactive ketones (excluding diaryl/α,β-unsaturated/α-hetero) is 1. The molecule has 0 aromatic heterocycles. The maximum atomic E-state index is 12.3. The number of hydrogen-bond donors (Lipinski definition) is 0. The van der Waals surface area contributed by atoms with Gasteiger partial charge in [0.2, 0.25) is 0 Å². The monoisotopic (exact) mass is 298 g/mol. The molecule has 4 heteroatoms. The van der Waals surface area contributed by atoms with E-state index in [-0.39, 0.29) is 17.1 Å². The highest BCUT2D eigenvalue weighted by Gasteiger charge is 2.14. The van der Waals surface area contributed by atoms with E-state index in [0.717, 1.165) is 19.3 Å². The second kappa shape index (κ2) is 10.3. The second-order valence-corrected chi connectivity index (χ2v) is 5.17. The van der Waals surface area contributed by atoms with Gasteiger partial charge in [-0.1, -0.05) is 57.6 Å². The number of ether oxygens (including phenoxy) is 1. The number of carbonyl (C=O) groups excluding carboxylic acids is 1. The van der Waals surface area contributed by atoms with Crippen molar-refractivity contribution >= 4 is 5.78 Å². The molecule has 1 aromatic rings. The number of ketones is 1. The number of alkyl halides is 2. The molecule has 0 aliphatic rings. The summed E-state index contributed by atoms with van der Waals surface area (Å²) in [6.45, 7) is -0.727. The Balaban J connectivity index is 2.35. The summed E-state index contributed by atoms with van der Waals surface area (Å²) in [5.74, 6) is -0.153. The van der Waals surface area contributed by atoms with E-state index in [1.54, 1.807) is 18.2 Å². The van der Waals surface area contributed by atoms with Crippen LogP contribution in [-0.2, 0) is 0 Å². The summed E-state index contributed by atoms with van der Waals surface area (Å²) in [7, 11) is 0. The fraction of sp³-hybridized carbons (Fsp3) is 0.588. The Morgan fingerprint density at radius 2 is 1.67 bits per heavy atom. The number of rotatable bonds is 11. The molecule has 0 spiro atoms. The van der Waals surface area contributed by atoms with Crippen molar-refractivity contribution in [3.05, 3.63) is 29.8 Å². The molecule has 0 aliphatic carbocycles. The molecular weight excluding hydrogens is 274 g/mol. The van der Waals surface area contributed by atoms with Crippen molar-refractivity contribution < 1.29 is 18.3 Å². The fourth-order valence-electron chi connectivity index (χ4n) is 2.27. The Labute approximate surface area is 125 Å². The van der Waals surface area contributed by atoms with Crippen LogP contribution in [-0.4, -0.2) is 12.4 Å². The standard InChI is InChI=1S/C17H24F2O2/c1-2-3-4-5-6-7-8-12-15(20)14-11-9-10-13-16(14)21-17(18)19/h9-11,13,17H,2-8,12H2,1H3. The average Bonchev–Trinajstić information content (AvgIpc) is 2.46. The highest BCUT2D eigenvalue weighted by atomic mass is 19.3. The van der Waals surface area contributed by atoms with Gasteiger partial charge in [-0.2, -0.15) is 8.78 Å². The van der Waals surface area contributed by atoms with Gasteiger partial charge in [0.15, 0.2) is 5.78 Å². The molecule has 21 heavy (non-hydrogen) atoms. The van der Waals surface area contributed by atoms with Gasteiger partial charge >= 0.3 is 6.61 Å². The van der Waals surface area contributed by atoms with Gasteiger partial charge in [0, 0.05) is 6.42 Å². The van der Waals surface area contributed by atoms with Crippen molar-refractivity contribution in [2.75, 3.05) is 0 Å². The highest BCUT2D eigenvalue weighted by molar-refractivity contribution is 5.98. The molecule has 0 bridgehead atoms. The highest BCUT2D eigenvalue weighted by Crippen LogP contribution is 2.22. The topological polar surface area (TPSA) is 26.3 Å². The molecule has 118 valence electrons. The van der Waals surface area contributed by atoms with Crippen LogP contribution in [0.25, 0.3) is 0 Å². The molecule has 0 fully saturated rings. The van der Waals surface area contributed by atoms with Crippen LogP contribution in [0.5, 0.6) is 5.75 Å². The molecule has 0 saturated carbocycles. The third kappa shape index (κ3) is 7.21. The Hall–Kier alpha value is -1.45. The number of unbranched alkanes of at least 4 members (excludes halogenated alkanes) is 6. The minimum atomic E-state index is -2.91. The van der Waals surface area contributed by atoms with E-state index in [1.807, 2.05) is 0 Å². The lowest BCUT2D eigenvalue weighted by atomic mass is 10.0. The zero-order valence-electron chi connectivity index (χ0n) is 12.6. The molecule has 0 atom stereocenters. The molecule has 0 radical (unpaired) electrons. The van der Waals surface area contributed by atoms with Crippen molar-refractivity contribution in [3.8, 4) is 5.75 Å². The lowest BCUT2D eigenvalue weighted by Crippen LogP contribution is -2.08. The Kier molecular flexibility index (Phi) is 8.63. The van der Waals surface area contributed by atoms with Gasteiger partial charge < -0.3 is 4.74 Å². The summed E-state index contributed by atoms with van der Waals surface area (Å²) in [5.41, 5.74) is 0.254. The van der Waals surface area contributed by atoms with E-state index in [2.05, 4.69) is 11.7 Å². The molecule has 0 heterocycles. The van der Waals surface area contributed by atoms with Gasteiger partial charge in [0.05, 0.1) is 5.56 Å². The number of halogens is 2. The first-order chi connectivity index (χ1) is 10.1. The first-order valence-electron chi connectivity index (χ1n) is 7.72. The van der Waals surface area contributed by atoms with Crippen LogP contribution in [0.1, 0.15) is 68.6 Å². The van der Waals surface area contributed by atoms with Gasteiger partial charge in [-0.3, -0.25) is 4.79 Å². The lowest BCUT2D eigenvalue weighted by Gasteiger charge is -2.09. The van der Waals surface area contributed by atoms with Gasteiger partial charge in [-0.15, -0.1) is 0 Å². The molecule has 0 amide bonds. The molecule has 2 nitrogen and oxygen atoms in total. The van der Waals surface area contributed by atoms with Crippen molar-refractivity contribution in [2.45, 2.75) is 64.9 Å². The van der Waals surface area contributed by atoms with E-state index in [1.165, 1.54) is 31.7 Å². The number of benzene rings is 1. The lowest BCUT2D eigenvalue weighted by molar-refractivity contribution is -0.0501. The van der Waals surface area contributed by atoms with Crippen LogP contribution in [0.15, 0.2) is 24.3 Å². The van der Waals surface area contributed by atoms with Gasteiger partial charge in [-0.25, -0.2) is 0 Å². The fourth-order valence-corrected chi connectivity index (χ4v) is 2.27. The SMILES string of the molecule is CCCCCCCCCC(=O)c1ccccc1OC(F)F. The van der Waals surface area contributed by atoms with E-state index in [0.29, 0.717) is 6.42 Å². The molecule has 0 aliphatic heterocycles. The molecular formula is C17H24F2O2. The summed E-state index contributed by atoms with van der Waals surface area (Å²) in [4.78, 5) is 12.1. The maximum Gasteiger partial charge on any atom is 0.387 e. The molecule has 0 N–H and O–H groups in total. The van der Waals surface area contributed by atoms with Crippen LogP contribution >= 0.6 is 0 Å². The van der Waals surface area contributed by atoms with Gasteiger partial charge in [-0.05, 0) is 18.6 Å². The number of para-hydroxylation sites is 1. The zero-order chi connectivity index (χ0) is 15.5. The van der Waals surface area contributed by atoms with Crippen molar-refractivity contribution in [2.24, 2.45) is 0 Å². The van der Waals surface area contributed by atoms with E-state index in [4.69, 9.17) is 0 Å². The summed E-state index contributed by atoms with van der Waals surface area (Å²) < 4.78 is 29.0. The summed E-state index contributed by atoms with van der Waals surface area (Å²) >= 11 is 0. The zero-order valence-corrected chi connectivity index (χ0v) is 12.6. The first kappa shape index (κ1) is 17.6. The third-order valence-electron chi connectivity index (χ3n) is 3.41. The van der Waals surface area contributed by atoms with E-state index in [9.17, 15) is 13.6 Å². The minimum Gasteiger partial charge on any atom is -0.434 e. The van der Waals surface area contributed by atoms with E-state index < -0.39 is 6.61 Å². The van der Waals surface area contributed by atoms with Crippen molar-refractivity contribution in [1.29, 1.82) is 0 Å². The normalized spacial score (nSPS) is 10.9. The largest absolute Gasteiger partial charge is 0.434 e. The smallest absolute Gasteiger partial charge is 0.387 e. The molecule has 1 rings (SSSR count). The quantitative estimate of drug-likeness (QED) is 0.392. The molecule has 0 unspecified atom stereocenters. The first-order valence-corrected chi connectivity index (χ1v) is 7.72. The minimum absolute atomic E-state index is 0.0274. The van der Waals surface area contributed by atoms with Crippen molar-refractivity contribution in [1.82, 2.24) is 0 Å². The number of hydrogen-bond acceptors (Lipinski definition) is 2. The van der Waals surface area contributed by atoms with Crippen LogP contribution in [0.3, 0.4) is 0 Å². The molecule has 0 saturated heterocycles. The van der Waals surface area contributed by atoms with Crippen LogP contribution in [0.4, 0.5) is 8.78 Å². The maximum absolute atomic E-state index is 12.3. The number of carbonyl (C=O) groups is 1.